The van der Waals surface area contributed by atoms with Crippen molar-refractivity contribution in [3.8, 4) is 0 Å². The largest absolute Gasteiger partial charge is 0.354 e. The molecule has 5 N–H and O–H groups in total. The number of carbonyl (C=O) groups excluding carboxylic acids is 1. The second-order valence-electron chi connectivity index (χ2n) is 2.85. The molecule has 0 bridgehead atoms. The second-order valence-corrected chi connectivity index (χ2v) is 2.85. The summed E-state index contributed by atoms with van der Waals surface area (Å²) in [6.07, 6.45) is 1.79. The number of guanidine groups is 1. The Balaban J connectivity index is 2.46. The predicted octanol–water partition coefficient (Wildman–Crippen LogP) is -1.70. The zero-order chi connectivity index (χ0) is 9.68. The number of nitrogens with two attached hydrogens (primary N) is 1. The third kappa shape index (κ3) is 2.59. The van der Waals surface area contributed by atoms with Crippen molar-refractivity contribution in [3.05, 3.63) is 0 Å². The Bertz CT molecular complexity index is 215. The summed E-state index contributed by atoms with van der Waals surface area (Å²) in [5, 5.41) is 5.67. The standard InChI is InChI=1S/C7H15N5O/c1-9-7(12-8)11-5-3-2-4-10-6(5)13/h5H,2-4,8H2,1H3,(H,10,13)(H2,9,11,12). The van der Waals surface area contributed by atoms with E-state index in [9.17, 15) is 4.79 Å². The minimum Gasteiger partial charge on any atom is -0.354 e. The lowest BCUT2D eigenvalue weighted by Gasteiger charge is -2.23. The van der Waals surface area contributed by atoms with Crippen LogP contribution in [0.15, 0.2) is 4.99 Å². The van der Waals surface area contributed by atoms with Gasteiger partial charge in [-0.25, -0.2) is 5.84 Å². The molecule has 6 heteroatoms. The van der Waals surface area contributed by atoms with Gasteiger partial charge in [0.1, 0.15) is 6.04 Å². The fourth-order valence-corrected chi connectivity index (χ4v) is 1.25. The van der Waals surface area contributed by atoms with Gasteiger partial charge >= 0.3 is 0 Å². The number of hydrogen-bond donors (Lipinski definition) is 4. The highest BCUT2D eigenvalue weighted by Gasteiger charge is 2.22. The second kappa shape index (κ2) is 4.66. The van der Waals surface area contributed by atoms with Crippen LogP contribution in [0, 0.1) is 0 Å². The quantitative estimate of drug-likeness (QED) is 0.170. The number of carbonyl (C=O) groups is 1. The summed E-state index contributed by atoms with van der Waals surface area (Å²) in [4.78, 5) is 15.1. The summed E-state index contributed by atoms with van der Waals surface area (Å²) in [6.45, 7) is 0.756. The minimum atomic E-state index is -0.219. The zero-order valence-corrected chi connectivity index (χ0v) is 7.63. The fraction of sp³-hybridized carbons (Fsp3) is 0.714. The number of piperidine rings is 1. The molecule has 1 heterocycles. The molecular weight excluding hydrogens is 170 g/mol. The van der Waals surface area contributed by atoms with Crippen LogP contribution in [0.3, 0.4) is 0 Å². The molecule has 1 aliphatic heterocycles. The fourth-order valence-electron chi connectivity index (χ4n) is 1.25. The molecule has 0 spiro atoms. The molecule has 1 amide bonds. The van der Waals surface area contributed by atoms with Crippen molar-refractivity contribution in [1.82, 2.24) is 16.1 Å². The van der Waals surface area contributed by atoms with Gasteiger partial charge in [-0.1, -0.05) is 0 Å². The molecule has 0 aromatic carbocycles. The number of rotatable bonds is 1. The molecule has 6 nitrogen and oxygen atoms in total. The van der Waals surface area contributed by atoms with Crippen LogP contribution in [-0.2, 0) is 4.79 Å². The topological polar surface area (TPSA) is 91.5 Å². The van der Waals surface area contributed by atoms with Crippen molar-refractivity contribution < 1.29 is 4.79 Å². The van der Waals surface area contributed by atoms with E-state index in [1.54, 1.807) is 7.05 Å². The van der Waals surface area contributed by atoms with Crippen molar-refractivity contribution >= 4 is 11.9 Å². The number of hydrogen-bond acceptors (Lipinski definition) is 3. The highest BCUT2D eigenvalue weighted by atomic mass is 16.2. The van der Waals surface area contributed by atoms with Gasteiger partial charge in [0.25, 0.3) is 0 Å². The molecule has 74 valence electrons. The molecular formula is C7H15N5O. The highest BCUT2D eigenvalue weighted by Crippen LogP contribution is 2.01. The van der Waals surface area contributed by atoms with Crippen molar-refractivity contribution in [1.29, 1.82) is 0 Å². The minimum absolute atomic E-state index is 0.00245. The van der Waals surface area contributed by atoms with Gasteiger partial charge in [0.15, 0.2) is 0 Å². The van der Waals surface area contributed by atoms with E-state index in [2.05, 4.69) is 21.1 Å². The maximum absolute atomic E-state index is 11.3. The Labute approximate surface area is 76.9 Å². The summed E-state index contributed by atoms with van der Waals surface area (Å²) in [5.41, 5.74) is 2.38. The van der Waals surface area contributed by atoms with Gasteiger partial charge in [0.2, 0.25) is 11.9 Å². The van der Waals surface area contributed by atoms with E-state index in [1.807, 2.05) is 0 Å². The first-order valence-corrected chi connectivity index (χ1v) is 4.25. The Morgan fingerprint density at radius 2 is 2.54 bits per heavy atom. The maximum Gasteiger partial charge on any atom is 0.242 e. The van der Waals surface area contributed by atoms with Crippen molar-refractivity contribution in [2.45, 2.75) is 18.9 Å². The van der Waals surface area contributed by atoms with Crippen LogP contribution < -0.4 is 21.9 Å². The summed E-state index contributed by atoms with van der Waals surface area (Å²) in [7, 11) is 1.60. The van der Waals surface area contributed by atoms with Crippen LogP contribution in [0.1, 0.15) is 12.8 Å². The van der Waals surface area contributed by atoms with Gasteiger partial charge in [-0.05, 0) is 12.8 Å². The van der Waals surface area contributed by atoms with E-state index < -0.39 is 0 Å². The lowest BCUT2D eigenvalue weighted by atomic mass is 10.1. The SMILES string of the molecule is CN=C(NN)NC1CCCNC1=O. The number of aliphatic imine (C=N–C) groups is 1. The molecule has 1 saturated heterocycles. The molecule has 0 aromatic rings. The third-order valence-corrected chi connectivity index (χ3v) is 1.96. The van der Waals surface area contributed by atoms with Crippen molar-refractivity contribution in [2.24, 2.45) is 10.8 Å². The number of nitrogens with one attached hydrogen (secondary N) is 3. The highest BCUT2D eigenvalue weighted by molar-refractivity contribution is 5.89. The number of nitrogens with zero attached hydrogens (tertiary/aromatic N) is 1. The van der Waals surface area contributed by atoms with Crippen molar-refractivity contribution in [3.63, 3.8) is 0 Å². The van der Waals surface area contributed by atoms with Crippen molar-refractivity contribution in [2.75, 3.05) is 13.6 Å². The van der Waals surface area contributed by atoms with Gasteiger partial charge in [0.05, 0.1) is 0 Å². The lowest BCUT2D eigenvalue weighted by molar-refractivity contribution is -0.124. The Hall–Kier alpha value is -1.30. The van der Waals surface area contributed by atoms with E-state index >= 15 is 0 Å². The molecule has 13 heavy (non-hydrogen) atoms. The summed E-state index contributed by atoms with van der Waals surface area (Å²) >= 11 is 0. The van der Waals surface area contributed by atoms with E-state index in [0.29, 0.717) is 5.96 Å². The molecule has 0 saturated carbocycles. The third-order valence-electron chi connectivity index (χ3n) is 1.96. The molecule has 0 aliphatic carbocycles. The molecule has 0 radical (unpaired) electrons. The van der Waals surface area contributed by atoms with E-state index in [-0.39, 0.29) is 11.9 Å². The summed E-state index contributed by atoms with van der Waals surface area (Å²) < 4.78 is 0. The van der Waals surface area contributed by atoms with Gasteiger partial charge in [-0.2, -0.15) is 0 Å². The number of amides is 1. The lowest BCUT2D eigenvalue weighted by Crippen LogP contribution is -2.54. The molecule has 1 rings (SSSR count). The summed E-state index contributed by atoms with van der Waals surface area (Å²) in [6, 6.07) is -0.219. The van der Waals surface area contributed by atoms with Gasteiger partial charge in [-0.3, -0.25) is 15.2 Å². The average molecular weight is 185 g/mol. The summed E-state index contributed by atoms with van der Waals surface area (Å²) in [5.74, 6) is 5.61. The maximum atomic E-state index is 11.3. The molecule has 1 aliphatic rings. The molecule has 1 unspecified atom stereocenters. The molecule has 0 aromatic heterocycles. The van der Waals surface area contributed by atoms with Crippen LogP contribution in [0.5, 0.6) is 0 Å². The van der Waals surface area contributed by atoms with Crippen LogP contribution in [0.25, 0.3) is 0 Å². The van der Waals surface area contributed by atoms with E-state index in [0.717, 1.165) is 19.4 Å². The molecule has 1 atom stereocenters. The van der Waals surface area contributed by atoms with Crippen LogP contribution in [-0.4, -0.2) is 31.5 Å². The van der Waals surface area contributed by atoms with Gasteiger partial charge in [0, 0.05) is 13.6 Å². The average Bonchev–Trinajstić information content (AvgIpc) is 2.17. The van der Waals surface area contributed by atoms with E-state index in [4.69, 9.17) is 5.84 Å². The zero-order valence-electron chi connectivity index (χ0n) is 7.63. The predicted molar refractivity (Wildman–Crippen MR) is 49.8 cm³/mol. The van der Waals surface area contributed by atoms with Gasteiger partial charge < -0.3 is 10.6 Å². The monoisotopic (exact) mass is 185 g/mol. The van der Waals surface area contributed by atoms with E-state index in [1.165, 1.54) is 0 Å². The smallest absolute Gasteiger partial charge is 0.242 e. The Morgan fingerprint density at radius 3 is 3.08 bits per heavy atom. The van der Waals surface area contributed by atoms with Crippen LogP contribution in [0.4, 0.5) is 0 Å². The van der Waals surface area contributed by atoms with Crippen LogP contribution >= 0.6 is 0 Å². The first kappa shape index (κ1) is 9.79. The number of hydrazine groups is 1. The molecule has 1 fully saturated rings. The Morgan fingerprint density at radius 1 is 1.77 bits per heavy atom. The first-order valence-electron chi connectivity index (χ1n) is 4.25. The van der Waals surface area contributed by atoms with Crippen LogP contribution in [0.2, 0.25) is 0 Å². The first-order chi connectivity index (χ1) is 6.27. The Kier molecular flexibility index (Phi) is 3.51. The van der Waals surface area contributed by atoms with Gasteiger partial charge in [-0.15, -0.1) is 0 Å². The normalized spacial score (nSPS) is 23.7.